The summed E-state index contributed by atoms with van der Waals surface area (Å²) < 4.78 is 5.41. The Hall–Kier alpha value is -1.92. The highest BCUT2D eigenvalue weighted by Crippen LogP contribution is 2.23. The van der Waals surface area contributed by atoms with Gasteiger partial charge in [0.1, 0.15) is 0 Å². The molecule has 1 aliphatic rings. The van der Waals surface area contributed by atoms with Gasteiger partial charge in [-0.25, -0.2) is 0 Å². The summed E-state index contributed by atoms with van der Waals surface area (Å²) in [5.41, 5.74) is 2.23. The average molecular weight is 291 g/mol. The Morgan fingerprint density at radius 3 is 2.95 bits per heavy atom. The number of likely N-dealkylation sites (N-methyl/N-ethyl adjacent to an activating group) is 1. The third-order valence-electron chi connectivity index (χ3n) is 3.21. The van der Waals surface area contributed by atoms with Gasteiger partial charge in [0, 0.05) is 24.3 Å². The number of ether oxygens (including phenoxy) is 1. The summed E-state index contributed by atoms with van der Waals surface area (Å²) in [7, 11) is 3.97. The first-order chi connectivity index (χ1) is 10.1. The molecule has 1 aromatic rings. The van der Waals surface area contributed by atoms with Crippen molar-refractivity contribution in [2.45, 2.75) is 6.42 Å². The van der Waals surface area contributed by atoms with Crippen LogP contribution < -0.4 is 10.6 Å². The van der Waals surface area contributed by atoms with Crippen LogP contribution in [0.3, 0.4) is 0 Å². The Balaban J connectivity index is 1.74. The summed E-state index contributed by atoms with van der Waals surface area (Å²) >= 11 is 0. The number of nitrogens with zero attached hydrogens (tertiary/aromatic N) is 1. The number of hydrogen-bond acceptors (Lipinski definition) is 4. The average Bonchev–Trinajstić information content (AvgIpc) is 2.81. The van der Waals surface area contributed by atoms with Crippen LogP contribution in [-0.4, -0.2) is 57.1 Å². The zero-order valence-corrected chi connectivity index (χ0v) is 12.4. The second kappa shape index (κ2) is 7.19. The Labute approximate surface area is 124 Å². The molecular weight excluding hydrogens is 270 g/mol. The third kappa shape index (κ3) is 4.54. The van der Waals surface area contributed by atoms with Crippen molar-refractivity contribution in [3.05, 3.63) is 29.3 Å². The zero-order chi connectivity index (χ0) is 15.2. The van der Waals surface area contributed by atoms with E-state index in [0.29, 0.717) is 31.7 Å². The standard InChI is InChI=1S/C15H21N3O3/c1-18(2)6-8-21-7-5-16-15(20)11-3-4-13-12(9-11)10-14(19)17-13/h3-4,9H,5-8,10H2,1-2H3,(H,16,20)(H,17,19). The van der Waals surface area contributed by atoms with Gasteiger partial charge in [-0.1, -0.05) is 0 Å². The number of anilines is 1. The van der Waals surface area contributed by atoms with Crippen LogP contribution in [0, 0.1) is 0 Å². The minimum Gasteiger partial charge on any atom is -0.378 e. The maximum Gasteiger partial charge on any atom is 0.251 e. The Bertz CT molecular complexity index is 529. The van der Waals surface area contributed by atoms with Gasteiger partial charge in [0.15, 0.2) is 0 Å². The fraction of sp³-hybridized carbons (Fsp3) is 0.467. The largest absolute Gasteiger partial charge is 0.378 e. The highest BCUT2D eigenvalue weighted by molar-refractivity contribution is 6.01. The molecule has 0 radical (unpaired) electrons. The minimum absolute atomic E-state index is 0.0307. The summed E-state index contributed by atoms with van der Waals surface area (Å²) in [6, 6.07) is 5.24. The van der Waals surface area contributed by atoms with E-state index in [-0.39, 0.29) is 11.8 Å². The van der Waals surface area contributed by atoms with Crippen LogP contribution in [0.1, 0.15) is 15.9 Å². The predicted molar refractivity (Wildman–Crippen MR) is 80.5 cm³/mol. The number of fused-ring (bicyclic) bond motifs is 1. The van der Waals surface area contributed by atoms with Crippen molar-refractivity contribution in [1.82, 2.24) is 10.2 Å². The molecule has 1 aliphatic heterocycles. The van der Waals surface area contributed by atoms with Crippen molar-refractivity contribution in [1.29, 1.82) is 0 Å². The van der Waals surface area contributed by atoms with E-state index in [1.807, 2.05) is 19.0 Å². The number of nitrogens with one attached hydrogen (secondary N) is 2. The number of amides is 2. The summed E-state index contributed by atoms with van der Waals surface area (Å²) in [4.78, 5) is 25.3. The summed E-state index contributed by atoms with van der Waals surface area (Å²) in [5.74, 6) is -0.176. The fourth-order valence-electron chi connectivity index (χ4n) is 2.06. The molecule has 0 unspecified atom stereocenters. The Kier molecular flexibility index (Phi) is 5.30. The van der Waals surface area contributed by atoms with Crippen LogP contribution in [0.5, 0.6) is 0 Å². The number of carbonyl (C=O) groups is 2. The molecular formula is C15H21N3O3. The van der Waals surface area contributed by atoms with Crippen molar-refractivity contribution in [2.24, 2.45) is 0 Å². The second-order valence-corrected chi connectivity index (χ2v) is 5.27. The molecule has 0 atom stereocenters. The van der Waals surface area contributed by atoms with E-state index >= 15 is 0 Å². The van der Waals surface area contributed by atoms with Crippen LogP contribution in [0.25, 0.3) is 0 Å². The fourth-order valence-corrected chi connectivity index (χ4v) is 2.06. The molecule has 2 amide bonds. The van der Waals surface area contributed by atoms with Gasteiger partial charge in [-0.3, -0.25) is 9.59 Å². The Morgan fingerprint density at radius 1 is 1.38 bits per heavy atom. The van der Waals surface area contributed by atoms with E-state index in [9.17, 15) is 9.59 Å². The molecule has 0 spiro atoms. The van der Waals surface area contributed by atoms with Crippen LogP contribution in [-0.2, 0) is 16.0 Å². The second-order valence-electron chi connectivity index (χ2n) is 5.27. The van der Waals surface area contributed by atoms with Crippen LogP contribution in [0.15, 0.2) is 18.2 Å². The van der Waals surface area contributed by atoms with Gasteiger partial charge in [0.25, 0.3) is 5.91 Å². The molecule has 0 aliphatic carbocycles. The van der Waals surface area contributed by atoms with Crippen molar-refractivity contribution >= 4 is 17.5 Å². The van der Waals surface area contributed by atoms with E-state index < -0.39 is 0 Å². The number of rotatable bonds is 7. The summed E-state index contributed by atoms with van der Waals surface area (Å²) in [6.45, 7) is 2.47. The van der Waals surface area contributed by atoms with Gasteiger partial charge in [0.05, 0.1) is 19.6 Å². The van der Waals surface area contributed by atoms with E-state index in [2.05, 4.69) is 10.6 Å². The van der Waals surface area contributed by atoms with E-state index in [4.69, 9.17) is 4.74 Å². The summed E-state index contributed by atoms with van der Waals surface area (Å²) in [6.07, 6.45) is 0.337. The first-order valence-electron chi connectivity index (χ1n) is 6.99. The van der Waals surface area contributed by atoms with Crippen molar-refractivity contribution in [3.63, 3.8) is 0 Å². The van der Waals surface area contributed by atoms with Crippen molar-refractivity contribution in [2.75, 3.05) is 45.7 Å². The maximum atomic E-state index is 12.0. The van der Waals surface area contributed by atoms with E-state index in [1.54, 1.807) is 18.2 Å². The normalized spacial score (nSPS) is 13.2. The van der Waals surface area contributed by atoms with Gasteiger partial charge in [-0.2, -0.15) is 0 Å². The molecule has 2 N–H and O–H groups in total. The van der Waals surface area contributed by atoms with Gasteiger partial charge in [-0.05, 0) is 37.9 Å². The lowest BCUT2D eigenvalue weighted by Crippen LogP contribution is -2.28. The van der Waals surface area contributed by atoms with E-state index in [1.165, 1.54) is 0 Å². The minimum atomic E-state index is -0.145. The monoisotopic (exact) mass is 291 g/mol. The highest BCUT2D eigenvalue weighted by Gasteiger charge is 2.18. The van der Waals surface area contributed by atoms with Gasteiger partial charge < -0.3 is 20.3 Å². The molecule has 21 heavy (non-hydrogen) atoms. The molecule has 0 saturated heterocycles. The molecule has 1 heterocycles. The molecule has 0 bridgehead atoms. The molecule has 6 nitrogen and oxygen atoms in total. The SMILES string of the molecule is CN(C)CCOCCNC(=O)c1ccc2c(c1)CC(=O)N2. The van der Waals surface area contributed by atoms with Gasteiger partial charge in [0.2, 0.25) is 5.91 Å². The molecule has 0 aromatic heterocycles. The molecule has 0 saturated carbocycles. The molecule has 114 valence electrons. The zero-order valence-electron chi connectivity index (χ0n) is 12.4. The molecule has 2 rings (SSSR count). The van der Waals surface area contributed by atoms with E-state index in [0.717, 1.165) is 17.8 Å². The lowest BCUT2D eigenvalue weighted by Gasteiger charge is -2.10. The van der Waals surface area contributed by atoms with Crippen LogP contribution >= 0.6 is 0 Å². The predicted octanol–water partition coefficient (Wildman–Crippen LogP) is 0.489. The number of carbonyl (C=O) groups excluding carboxylic acids is 2. The smallest absolute Gasteiger partial charge is 0.251 e. The highest BCUT2D eigenvalue weighted by atomic mass is 16.5. The van der Waals surface area contributed by atoms with Crippen LogP contribution in [0.2, 0.25) is 0 Å². The number of benzene rings is 1. The topological polar surface area (TPSA) is 70.7 Å². The van der Waals surface area contributed by atoms with Gasteiger partial charge in [-0.15, -0.1) is 0 Å². The molecule has 0 fully saturated rings. The lowest BCUT2D eigenvalue weighted by atomic mass is 10.1. The van der Waals surface area contributed by atoms with Crippen LogP contribution in [0.4, 0.5) is 5.69 Å². The quantitative estimate of drug-likeness (QED) is 0.717. The van der Waals surface area contributed by atoms with Crippen molar-refractivity contribution in [3.8, 4) is 0 Å². The van der Waals surface area contributed by atoms with Gasteiger partial charge >= 0.3 is 0 Å². The Morgan fingerprint density at radius 2 is 2.19 bits per heavy atom. The van der Waals surface area contributed by atoms with Crippen molar-refractivity contribution < 1.29 is 14.3 Å². The first kappa shape index (κ1) is 15.5. The third-order valence-corrected chi connectivity index (χ3v) is 3.21. The molecule has 1 aromatic carbocycles. The maximum absolute atomic E-state index is 12.0. The lowest BCUT2D eigenvalue weighted by molar-refractivity contribution is -0.115. The first-order valence-corrected chi connectivity index (χ1v) is 6.99. The summed E-state index contributed by atoms with van der Waals surface area (Å²) in [5, 5.41) is 5.55. The number of hydrogen-bond donors (Lipinski definition) is 2. The molecule has 6 heteroatoms.